The smallest absolute Gasteiger partial charge is 0.331 e. The van der Waals surface area contributed by atoms with Gasteiger partial charge in [0, 0.05) is 23.8 Å². The van der Waals surface area contributed by atoms with Gasteiger partial charge in [-0.1, -0.05) is 84.6 Å². The van der Waals surface area contributed by atoms with Gasteiger partial charge in [0.05, 0.1) is 24.4 Å². The van der Waals surface area contributed by atoms with E-state index in [-0.39, 0.29) is 36.0 Å². The molecule has 1 aliphatic rings. The Kier molecular flexibility index (Phi) is 16.0. The largest absolute Gasteiger partial charge is 0.458 e. The molecule has 0 spiro atoms. The van der Waals surface area contributed by atoms with E-state index in [9.17, 15) is 25.2 Å². The first kappa shape index (κ1) is 34.3. The summed E-state index contributed by atoms with van der Waals surface area (Å²) in [6.45, 7) is 15.7. The van der Waals surface area contributed by atoms with Crippen LogP contribution in [0.15, 0.2) is 49.1 Å². The van der Waals surface area contributed by atoms with Gasteiger partial charge in [0.2, 0.25) is 0 Å². The SMILES string of the molecule is C=C/C=C\[C@H](C)[C@@H]1OC(=O)/C=C\C=C\[C@@H](C)[C@@H](O)C[C@H](O)CC[C@H](C)[C@H](O)[C@@H](C)C[C@@H](C)CC[C@@H](O)[C@@H]1C. The Labute approximate surface area is 231 Å². The number of esters is 1. The molecule has 0 bridgehead atoms. The zero-order chi connectivity index (χ0) is 28.8. The molecule has 218 valence electrons. The van der Waals surface area contributed by atoms with Crippen molar-refractivity contribution in [2.24, 2.45) is 35.5 Å². The Morgan fingerprint density at radius 2 is 1.61 bits per heavy atom. The van der Waals surface area contributed by atoms with E-state index < -0.39 is 36.5 Å². The lowest BCUT2D eigenvalue weighted by molar-refractivity contribution is -0.150. The van der Waals surface area contributed by atoms with Crippen molar-refractivity contribution in [3.8, 4) is 0 Å². The number of aliphatic hydroxyl groups excluding tert-OH is 4. The van der Waals surface area contributed by atoms with Crippen LogP contribution in [0.25, 0.3) is 0 Å². The lowest BCUT2D eigenvalue weighted by atomic mass is 9.81. The summed E-state index contributed by atoms with van der Waals surface area (Å²) >= 11 is 0. The second-order valence-electron chi connectivity index (χ2n) is 11.8. The number of rotatable bonds is 3. The summed E-state index contributed by atoms with van der Waals surface area (Å²) in [5.74, 6) is -0.662. The van der Waals surface area contributed by atoms with Gasteiger partial charge in [-0.15, -0.1) is 0 Å². The van der Waals surface area contributed by atoms with Crippen LogP contribution < -0.4 is 0 Å². The molecule has 11 atom stereocenters. The van der Waals surface area contributed by atoms with Crippen LogP contribution in [0.5, 0.6) is 0 Å². The topological polar surface area (TPSA) is 107 Å². The maximum Gasteiger partial charge on any atom is 0.331 e. The maximum absolute atomic E-state index is 12.6. The van der Waals surface area contributed by atoms with E-state index in [2.05, 4.69) is 20.4 Å². The van der Waals surface area contributed by atoms with Gasteiger partial charge >= 0.3 is 5.97 Å². The predicted octanol–water partition coefficient (Wildman–Crippen LogP) is 5.37. The van der Waals surface area contributed by atoms with Crippen LogP contribution in [-0.4, -0.2) is 56.9 Å². The second-order valence-corrected chi connectivity index (χ2v) is 11.8. The fourth-order valence-electron chi connectivity index (χ4n) is 5.36. The minimum absolute atomic E-state index is 0.0375. The molecule has 0 aromatic rings. The summed E-state index contributed by atoms with van der Waals surface area (Å²) in [4.78, 5) is 12.6. The van der Waals surface area contributed by atoms with E-state index in [0.29, 0.717) is 25.2 Å². The third-order valence-corrected chi connectivity index (χ3v) is 8.18. The lowest BCUT2D eigenvalue weighted by Gasteiger charge is -2.32. The Balaban J connectivity index is 3.13. The Morgan fingerprint density at radius 1 is 0.921 bits per heavy atom. The average molecular weight is 535 g/mol. The fraction of sp³-hybridized carbons (Fsp3) is 0.719. The van der Waals surface area contributed by atoms with Gasteiger partial charge in [-0.25, -0.2) is 4.79 Å². The highest BCUT2D eigenvalue weighted by atomic mass is 16.5. The van der Waals surface area contributed by atoms with Crippen LogP contribution in [0.3, 0.4) is 0 Å². The van der Waals surface area contributed by atoms with Gasteiger partial charge in [0.15, 0.2) is 0 Å². The molecule has 0 radical (unpaired) electrons. The number of cyclic esters (lactones) is 1. The summed E-state index contributed by atoms with van der Waals surface area (Å²) in [7, 11) is 0. The van der Waals surface area contributed by atoms with Crippen molar-refractivity contribution >= 4 is 5.97 Å². The molecule has 6 heteroatoms. The van der Waals surface area contributed by atoms with Crippen LogP contribution in [-0.2, 0) is 9.53 Å². The van der Waals surface area contributed by atoms with Gasteiger partial charge in [-0.2, -0.15) is 0 Å². The van der Waals surface area contributed by atoms with Gasteiger partial charge in [0.1, 0.15) is 6.10 Å². The third-order valence-electron chi connectivity index (χ3n) is 8.18. The predicted molar refractivity (Wildman–Crippen MR) is 154 cm³/mol. The highest BCUT2D eigenvalue weighted by Crippen LogP contribution is 2.29. The average Bonchev–Trinajstić information content (AvgIpc) is 2.88. The van der Waals surface area contributed by atoms with E-state index in [1.54, 1.807) is 24.3 Å². The number of ether oxygens (including phenoxy) is 1. The van der Waals surface area contributed by atoms with Gasteiger partial charge in [-0.3, -0.25) is 0 Å². The molecule has 0 fully saturated rings. The van der Waals surface area contributed by atoms with E-state index in [1.165, 1.54) is 6.08 Å². The number of hydrogen-bond acceptors (Lipinski definition) is 6. The minimum Gasteiger partial charge on any atom is -0.458 e. The third kappa shape index (κ3) is 12.4. The zero-order valence-corrected chi connectivity index (χ0v) is 24.4. The van der Waals surface area contributed by atoms with Crippen molar-refractivity contribution in [2.45, 2.75) is 111 Å². The van der Waals surface area contributed by atoms with Crippen LogP contribution in [0, 0.1) is 35.5 Å². The lowest BCUT2D eigenvalue weighted by Crippen LogP contribution is -2.37. The molecule has 4 N–H and O–H groups in total. The monoisotopic (exact) mass is 534 g/mol. The van der Waals surface area contributed by atoms with Crippen molar-refractivity contribution < 1.29 is 30.0 Å². The van der Waals surface area contributed by atoms with Crippen molar-refractivity contribution in [1.82, 2.24) is 0 Å². The molecule has 1 rings (SSSR count). The Bertz CT molecular complexity index is 774. The molecular formula is C32H54O6. The van der Waals surface area contributed by atoms with Crippen LogP contribution >= 0.6 is 0 Å². The second kappa shape index (κ2) is 17.8. The van der Waals surface area contributed by atoms with E-state index in [4.69, 9.17) is 4.74 Å². The molecule has 0 saturated carbocycles. The molecule has 1 heterocycles. The standard InChI is InChI=1S/C32H54O6/c1-8-9-12-24(5)32-26(7)28(34)18-15-21(2)19-25(6)31(37)23(4)16-17-27(33)20-29(35)22(3)13-10-11-14-30(36)38-32/h8-14,21-29,31-35,37H,1,15-20H2,2-7H3/b12-9-,13-10+,14-11-/t21-,22+,23-,24-,25-,26-,27+,28+,29-,31-,32-/m0/s1. The normalized spacial score (nSPS) is 40.3. The van der Waals surface area contributed by atoms with Gasteiger partial charge in [-0.05, 0) is 56.3 Å². The van der Waals surface area contributed by atoms with E-state index in [1.807, 2.05) is 39.8 Å². The van der Waals surface area contributed by atoms with Gasteiger partial charge in [0.25, 0.3) is 0 Å². The molecule has 6 nitrogen and oxygen atoms in total. The first-order chi connectivity index (χ1) is 17.9. The first-order valence-corrected chi connectivity index (χ1v) is 14.4. The molecular weight excluding hydrogens is 480 g/mol. The molecule has 0 saturated heterocycles. The molecule has 0 unspecified atom stereocenters. The number of carbonyl (C=O) groups excluding carboxylic acids is 1. The quantitative estimate of drug-likeness (QED) is 0.287. The molecule has 0 aliphatic carbocycles. The van der Waals surface area contributed by atoms with Crippen molar-refractivity contribution in [3.63, 3.8) is 0 Å². The maximum atomic E-state index is 12.6. The molecule has 1 aliphatic heterocycles. The van der Waals surface area contributed by atoms with Crippen LogP contribution in [0.4, 0.5) is 0 Å². The highest BCUT2D eigenvalue weighted by molar-refractivity contribution is 5.82. The number of allylic oxidation sites excluding steroid dienone is 4. The molecule has 38 heavy (non-hydrogen) atoms. The van der Waals surface area contributed by atoms with Gasteiger partial charge < -0.3 is 25.2 Å². The number of aliphatic hydroxyl groups is 4. The highest BCUT2D eigenvalue weighted by Gasteiger charge is 2.31. The molecule has 0 amide bonds. The van der Waals surface area contributed by atoms with Crippen molar-refractivity contribution in [1.29, 1.82) is 0 Å². The van der Waals surface area contributed by atoms with Crippen molar-refractivity contribution in [2.75, 3.05) is 0 Å². The molecule has 0 aromatic carbocycles. The fourth-order valence-corrected chi connectivity index (χ4v) is 5.36. The summed E-state index contributed by atoms with van der Waals surface area (Å²) < 4.78 is 5.82. The van der Waals surface area contributed by atoms with Crippen LogP contribution in [0.2, 0.25) is 0 Å². The van der Waals surface area contributed by atoms with E-state index in [0.717, 1.165) is 12.8 Å². The summed E-state index contributed by atoms with van der Waals surface area (Å²) in [5.41, 5.74) is 0. The molecule has 0 aromatic heterocycles. The number of carbonyl (C=O) groups is 1. The number of hydrogen-bond donors (Lipinski definition) is 4. The Hall–Kier alpha value is -1.73. The Morgan fingerprint density at radius 3 is 2.26 bits per heavy atom. The summed E-state index contributed by atoms with van der Waals surface area (Å²) in [6, 6.07) is 0. The summed E-state index contributed by atoms with van der Waals surface area (Å²) in [5, 5.41) is 42.9. The minimum atomic E-state index is -0.719. The summed E-state index contributed by atoms with van der Waals surface area (Å²) in [6.07, 6.45) is 12.5. The zero-order valence-electron chi connectivity index (χ0n) is 24.4. The van der Waals surface area contributed by atoms with Crippen molar-refractivity contribution in [3.05, 3.63) is 49.1 Å². The van der Waals surface area contributed by atoms with Crippen LogP contribution in [0.1, 0.15) is 80.1 Å². The van der Waals surface area contributed by atoms with E-state index >= 15 is 0 Å². The first-order valence-electron chi connectivity index (χ1n) is 14.4.